The molecule has 0 saturated heterocycles. The van der Waals surface area contributed by atoms with Gasteiger partial charge in [-0.25, -0.2) is 4.98 Å². The van der Waals surface area contributed by atoms with Crippen LogP contribution in [0.25, 0.3) is 0 Å². The molecule has 0 radical (unpaired) electrons. The highest BCUT2D eigenvalue weighted by Crippen LogP contribution is 2.21. The minimum Gasteiger partial charge on any atom is -0.379 e. The summed E-state index contributed by atoms with van der Waals surface area (Å²) in [5.41, 5.74) is 2.92. The molecule has 0 unspecified atom stereocenters. The summed E-state index contributed by atoms with van der Waals surface area (Å²) < 4.78 is 1.49. The van der Waals surface area contributed by atoms with Crippen LogP contribution in [0.2, 0.25) is 0 Å². The molecule has 0 bridgehead atoms. The second kappa shape index (κ2) is 7.00. The topological polar surface area (TPSA) is 59.0 Å². The standard InChI is InChI=1S/C19H20N4O/c1-14(15-6-4-3-5-7-15)21-16-8-10-17(11-9-16)22-18-19(24)23(2)13-12-20-18/h3-14,21H,1-2H3,(H,20,22)/t14-/m1/s1. The predicted molar refractivity (Wildman–Crippen MR) is 97.7 cm³/mol. The molecule has 5 nitrogen and oxygen atoms in total. The summed E-state index contributed by atoms with van der Waals surface area (Å²) >= 11 is 0. The lowest BCUT2D eigenvalue weighted by Gasteiger charge is -2.16. The summed E-state index contributed by atoms with van der Waals surface area (Å²) in [5.74, 6) is 0.318. The Kier molecular flexibility index (Phi) is 4.61. The number of nitrogens with zero attached hydrogens (tertiary/aromatic N) is 2. The Balaban J connectivity index is 1.69. The Labute approximate surface area is 141 Å². The molecule has 0 saturated carbocycles. The molecule has 1 heterocycles. The quantitative estimate of drug-likeness (QED) is 0.752. The van der Waals surface area contributed by atoms with E-state index in [9.17, 15) is 4.79 Å². The van der Waals surface area contributed by atoms with E-state index in [0.29, 0.717) is 5.82 Å². The maximum absolute atomic E-state index is 12.0. The molecule has 0 aliphatic carbocycles. The minimum atomic E-state index is -0.155. The molecule has 0 spiro atoms. The van der Waals surface area contributed by atoms with Crippen LogP contribution < -0.4 is 16.2 Å². The van der Waals surface area contributed by atoms with Gasteiger partial charge in [-0.15, -0.1) is 0 Å². The summed E-state index contributed by atoms with van der Waals surface area (Å²) in [7, 11) is 1.70. The second-order valence-corrected chi connectivity index (χ2v) is 5.67. The first-order chi connectivity index (χ1) is 11.6. The molecule has 0 amide bonds. The number of hydrogen-bond donors (Lipinski definition) is 2. The van der Waals surface area contributed by atoms with Crippen molar-refractivity contribution < 1.29 is 0 Å². The molecule has 0 aliphatic rings. The van der Waals surface area contributed by atoms with E-state index in [0.717, 1.165) is 11.4 Å². The predicted octanol–water partition coefficient (Wildman–Crippen LogP) is 3.70. The number of aryl methyl sites for hydroxylation is 1. The van der Waals surface area contributed by atoms with Gasteiger partial charge in [-0.1, -0.05) is 30.3 Å². The fourth-order valence-corrected chi connectivity index (χ4v) is 2.45. The highest BCUT2D eigenvalue weighted by Gasteiger charge is 2.06. The fraction of sp³-hybridized carbons (Fsp3) is 0.158. The van der Waals surface area contributed by atoms with Gasteiger partial charge in [0.15, 0.2) is 5.82 Å². The molecule has 2 N–H and O–H groups in total. The SMILES string of the molecule is C[C@@H](Nc1ccc(Nc2nccn(C)c2=O)cc1)c1ccccc1. The average Bonchev–Trinajstić information content (AvgIpc) is 2.61. The van der Waals surface area contributed by atoms with E-state index in [1.165, 1.54) is 10.1 Å². The molecule has 0 aliphatic heterocycles. The van der Waals surface area contributed by atoms with Crippen molar-refractivity contribution in [1.82, 2.24) is 9.55 Å². The van der Waals surface area contributed by atoms with E-state index in [4.69, 9.17) is 0 Å². The van der Waals surface area contributed by atoms with Crippen molar-refractivity contribution in [2.24, 2.45) is 7.05 Å². The lowest BCUT2D eigenvalue weighted by atomic mass is 10.1. The van der Waals surface area contributed by atoms with Crippen LogP contribution in [0.3, 0.4) is 0 Å². The minimum absolute atomic E-state index is 0.155. The van der Waals surface area contributed by atoms with Gasteiger partial charge in [-0.2, -0.15) is 0 Å². The smallest absolute Gasteiger partial charge is 0.293 e. The van der Waals surface area contributed by atoms with E-state index < -0.39 is 0 Å². The molecular formula is C19H20N4O. The highest BCUT2D eigenvalue weighted by molar-refractivity contribution is 5.60. The average molecular weight is 320 g/mol. The molecule has 0 fully saturated rings. The monoisotopic (exact) mass is 320 g/mol. The number of rotatable bonds is 5. The molecule has 3 aromatic rings. The number of aromatic nitrogens is 2. The Hall–Kier alpha value is -3.08. The summed E-state index contributed by atoms with van der Waals surface area (Å²) in [5, 5.41) is 6.51. The van der Waals surface area contributed by atoms with E-state index in [2.05, 4.69) is 34.7 Å². The van der Waals surface area contributed by atoms with Gasteiger partial charge in [0.1, 0.15) is 0 Å². The van der Waals surface area contributed by atoms with Crippen molar-refractivity contribution in [1.29, 1.82) is 0 Å². The van der Waals surface area contributed by atoms with Crippen molar-refractivity contribution in [2.75, 3.05) is 10.6 Å². The van der Waals surface area contributed by atoms with Crippen LogP contribution in [0, 0.1) is 0 Å². The van der Waals surface area contributed by atoms with E-state index in [-0.39, 0.29) is 11.6 Å². The van der Waals surface area contributed by atoms with Crippen LogP contribution in [0.4, 0.5) is 17.2 Å². The van der Waals surface area contributed by atoms with Crippen molar-refractivity contribution >= 4 is 17.2 Å². The molecule has 3 rings (SSSR count). The van der Waals surface area contributed by atoms with Crippen molar-refractivity contribution in [3.63, 3.8) is 0 Å². The van der Waals surface area contributed by atoms with Gasteiger partial charge in [0.25, 0.3) is 5.56 Å². The van der Waals surface area contributed by atoms with Gasteiger partial charge in [-0.3, -0.25) is 4.79 Å². The highest BCUT2D eigenvalue weighted by atomic mass is 16.1. The summed E-state index contributed by atoms with van der Waals surface area (Å²) in [6.07, 6.45) is 3.23. The zero-order valence-electron chi connectivity index (χ0n) is 13.7. The summed E-state index contributed by atoms with van der Waals surface area (Å²) in [4.78, 5) is 16.1. The number of benzene rings is 2. The molecule has 2 aromatic carbocycles. The molecular weight excluding hydrogens is 300 g/mol. The first kappa shape index (κ1) is 15.8. The number of nitrogens with one attached hydrogen (secondary N) is 2. The van der Waals surface area contributed by atoms with Gasteiger partial charge in [0.2, 0.25) is 0 Å². The van der Waals surface area contributed by atoms with Gasteiger partial charge in [0.05, 0.1) is 0 Å². The Bertz CT molecular complexity index is 857. The molecule has 122 valence electrons. The van der Waals surface area contributed by atoms with E-state index >= 15 is 0 Å². The van der Waals surface area contributed by atoms with Gasteiger partial charge in [-0.05, 0) is 36.8 Å². The number of anilines is 3. The largest absolute Gasteiger partial charge is 0.379 e. The third-order valence-electron chi connectivity index (χ3n) is 3.85. The second-order valence-electron chi connectivity index (χ2n) is 5.67. The zero-order chi connectivity index (χ0) is 16.9. The fourth-order valence-electron chi connectivity index (χ4n) is 2.45. The van der Waals surface area contributed by atoms with Crippen LogP contribution in [0.5, 0.6) is 0 Å². The maximum atomic E-state index is 12.0. The van der Waals surface area contributed by atoms with E-state index in [1.807, 2.05) is 42.5 Å². The van der Waals surface area contributed by atoms with Crippen LogP contribution in [-0.2, 0) is 7.05 Å². The van der Waals surface area contributed by atoms with Crippen molar-refractivity contribution in [3.8, 4) is 0 Å². The molecule has 24 heavy (non-hydrogen) atoms. The van der Waals surface area contributed by atoms with Crippen LogP contribution >= 0.6 is 0 Å². The first-order valence-corrected chi connectivity index (χ1v) is 7.84. The summed E-state index contributed by atoms with van der Waals surface area (Å²) in [6.45, 7) is 2.12. The Morgan fingerprint density at radius 3 is 2.38 bits per heavy atom. The van der Waals surface area contributed by atoms with Crippen LogP contribution in [0.1, 0.15) is 18.5 Å². The normalized spacial score (nSPS) is 11.8. The lowest BCUT2D eigenvalue weighted by molar-refractivity contribution is 0.845. The van der Waals surface area contributed by atoms with Crippen molar-refractivity contribution in [3.05, 3.63) is 82.9 Å². The third kappa shape index (κ3) is 3.63. The van der Waals surface area contributed by atoms with Crippen LogP contribution in [0.15, 0.2) is 71.8 Å². The zero-order valence-corrected chi connectivity index (χ0v) is 13.7. The molecule has 1 aromatic heterocycles. The number of hydrogen-bond acceptors (Lipinski definition) is 4. The maximum Gasteiger partial charge on any atom is 0.293 e. The van der Waals surface area contributed by atoms with E-state index in [1.54, 1.807) is 19.4 Å². The van der Waals surface area contributed by atoms with Crippen molar-refractivity contribution in [2.45, 2.75) is 13.0 Å². The van der Waals surface area contributed by atoms with Gasteiger partial charge in [0, 0.05) is 36.9 Å². The van der Waals surface area contributed by atoms with Gasteiger partial charge >= 0.3 is 0 Å². The lowest BCUT2D eigenvalue weighted by Crippen LogP contribution is -2.20. The third-order valence-corrected chi connectivity index (χ3v) is 3.85. The first-order valence-electron chi connectivity index (χ1n) is 7.84. The van der Waals surface area contributed by atoms with Gasteiger partial charge < -0.3 is 15.2 Å². The molecule has 1 atom stereocenters. The Morgan fingerprint density at radius 2 is 1.67 bits per heavy atom. The molecule has 5 heteroatoms. The van der Waals surface area contributed by atoms with Crippen LogP contribution in [-0.4, -0.2) is 9.55 Å². The Morgan fingerprint density at radius 1 is 1.00 bits per heavy atom. The summed E-state index contributed by atoms with van der Waals surface area (Å²) in [6, 6.07) is 18.3.